The van der Waals surface area contributed by atoms with Gasteiger partial charge in [0, 0.05) is 25.7 Å². The van der Waals surface area contributed by atoms with Crippen molar-refractivity contribution in [3.63, 3.8) is 0 Å². The third-order valence-electron chi connectivity index (χ3n) is 3.52. The van der Waals surface area contributed by atoms with E-state index in [1.54, 1.807) is 9.80 Å². The van der Waals surface area contributed by atoms with Crippen LogP contribution in [0.15, 0.2) is 0 Å². The molecule has 18 heavy (non-hydrogen) atoms. The monoisotopic (exact) mass is 276 g/mol. The van der Waals surface area contributed by atoms with E-state index in [4.69, 9.17) is 4.74 Å². The summed E-state index contributed by atoms with van der Waals surface area (Å²) in [6, 6.07) is -0.210. The molecule has 2 rings (SSSR count). The first-order valence-corrected chi connectivity index (χ1v) is 8.19. The van der Waals surface area contributed by atoms with Crippen LogP contribution in [0.3, 0.4) is 0 Å². The van der Waals surface area contributed by atoms with E-state index in [2.05, 4.69) is 0 Å². The predicted molar refractivity (Wildman–Crippen MR) is 67.2 cm³/mol. The van der Waals surface area contributed by atoms with Crippen molar-refractivity contribution in [1.29, 1.82) is 0 Å². The fourth-order valence-corrected chi connectivity index (χ4v) is 4.24. The lowest BCUT2D eigenvalue weighted by molar-refractivity contribution is 0.0407. The number of hydrogen-bond donors (Lipinski definition) is 0. The summed E-state index contributed by atoms with van der Waals surface area (Å²) in [5, 5.41) is 0. The summed E-state index contributed by atoms with van der Waals surface area (Å²) < 4.78 is 28.2. The van der Waals surface area contributed by atoms with Crippen molar-refractivity contribution in [3.8, 4) is 0 Å². The van der Waals surface area contributed by atoms with Crippen LogP contribution in [0.2, 0.25) is 0 Å². The lowest BCUT2D eigenvalue weighted by atomic mass is 10.2. The minimum atomic E-state index is -2.95. The van der Waals surface area contributed by atoms with Crippen LogP contribution >= 0.6 is 0 Å². The quantitative estimate of drug-likeness (QED) is 0.709. The molecule has 0 aliphatic carbocycles. The maximum atomic E-state index is 12.3. The number of morpholine rings is 1. The summed E-state index contributed by atoms with van der Waals surface area (Å²) in [7, 11) is -2.95. The van der Waals surface area contributed by atoms with Gasteiger partial charge in [-0.2, -0.15) is 0 Å². The van der Waals surface area contributed by atoms with Crippen LogP contribution in [0.25, 0.3) is 0 Å². The maximum absolute atomic E-state index is 12.3. The van der Waals surface area contributed by atoms with Gasteiger partial charge in [0.1, 0.15) is 0 Å². The Morgan fingerprint density at radius 1 is 1.39 bits per heavy atom. The van der Waals surface area contributed by atoms with Crippen molar-refractivity contribution >= 4 is 15.9 Å². The highest BCUT2D eigenvalue weighted by molar-refractivity contribution is 7.91. The third kappa shape index (κ3) is 2.95. The van der Waals surface area contributed by atoms with E-state index in [9.17, 15) is 13.2 Å². The second kappa shape index (κ2) is 5.44. The van der Waals surface area contributed by atoms with Crippen LogP contribution in [0.4, 0.5) is 4.79 Å². The van der Waals surface area contributed by atoms with E-state index in [0.717, 1.165) is 0 Å². The molecule has 0 aromatic rings. The molecule has 0 N–H and O–H groups in total. The van der Waals surface area contributed by atoms with E-state index in [-0.39, 0.29) is 23.6 Å². The molecule has 104 valence electrons. The summed E-state index contributed by atoms with van der Waals surface area (Å²) in [4.78, 5) is 15.8. The minimum absolute atomic E-state index is 0.0529. The number of sulfone groups is 1. The van der Waals surface area contributed by atoms with Crippen LogP contribution in [0.1, 0.15) is 13.3 Å². The highest BCUT2D eigenvalue weighted by Gasteiger charge is 2.35. The molecule has 0 aromatic heterocycles. The lowest BCUT2D eigenvalue weighted by Crippen LogP contribution is -2.51. The van der Waals surface area contributed by atoms with E-state index in [0.29, 0.717) is 39.3 Å². The van der Waals surface area contributed by atoms with Gasteiger partial charge in [-0.05, 0) is 13.3 Å². The zero-order valence-corrected chi connectivity index (χ0v) is 11.5. The predicted octanol–water partition coefficient (Wildman–Crippen LogP) is -0.0524. The molecule has 2 amide bonds. The van der Waals surface area contributed by atoms with Crippen LogP contribution in [-0.2, 0) is 14.6 Å². The van der Waals surface area contributed by atoms with Gasteiger partial charge < -0.3 is 14.5 Å². The van der Waals surface area contributed by atoms with Crippen LogP contribution in [0, 0.1) is 0 Å². The normalized spacial score (nSPS) is 27.2. The second-order valence-electron chi connectivity index (χ2n) is 4.72. The number of nitrogens with zero attached hydrogens (tertiary/aromatic N) is 2. The number of ether oxygens (including phenoxy) is 1. The summed E-state index contributed by atoms with van der Waals surface area (Å²) in [5.41, 5.74) is 0. The first-order valence-electron chi connectivity index (χ1n) is 6.37. The van der Waals surface area contributed by atoms with Gasteiger partial charge in [0.25, 0.3) is 0 Å². The average molecular weight is 276 g/mol. The number of carbonyl (C=O) groups is 1. The summed E-state index contributed by atoms with van der Waals surface area (Å²) in [5.74, 6) is 0.307. The molecule has 0 bridgehead atoms. The molecule has 2 fully saturated rings. The molecule has 2 heterocycles. The van der Waals surface area contributed by atoms with Gasteiger partial charge in [0.15, 0.2) is 9.84 Å². The van der Waals surface area contributed by atoms with Crippen molar-refractivity contribution in [2.45, 2.75) is 19.4 Å². The molecule has 2 aliphatic rings. The average Bonchev–Trinajstić information content (AvgIpc) is 2.71. The van der Waals surface area contributed by atoms with Gasteiger partial charge >= 0.3 is 6.03 Å². The Morgan fingerprint density at radius 3 is 2.56 bits per heavy atom. The SMILES string of the molecule is CCN(C(=O)N1CCOCC1)[C@H]1CCS(=O)(=O)C1. The minimum Gasteiger partial charge on any atom is -0.378 e. The third-order valence-corrected chi connectivity index (χ3v) is 5.27. The molecular formula is C11H20N2O4S. The van der Waals surface area contributed by atoms with Crippen molar-refractivity contribution in [2.75, 3.05) is 44.4 Å². The number of urea groups is 1. The summed E-state index contributed by atoms with van der Waals surface area (Å²) in [6.07, 6.45) is 0.562. The Kier molecular flexibility index (Phi) is 4.11. The Morgan fingerprint density at radius 2 is 2.06 bits per heavy atom. The second-order valence-corrected chi connectivity index (χ2v) is 6.95. The van der Waals surface area contributed by atoms with E-state index >= 15 is 0 Å². The summed E-state index contributed by atoms with van der Waals surface area (Å²) in [6.45, 7) is 4.75. The Labute approximate surface area is 108 Å². The van der Waals surface area contributed by atoms with Crippen LogP contribution in [-0.4, -0.2) is 74.6 Å². The van der Waals surface area contributed by atoms with E-state index in [1.807, 2.05) is 6.92 Å². The topological polar surface area (TPSA) is 66.9 Å². The molecule has 2 saturated heterocycles. The van der Waals surface area contributed by atoms with E-state index < -0.39 is 9.84 Å². The fourth-order valence-electron chi connectivity index (χ4n) is 2.51. The van der Waals surface area contributed by atoms with Gasteiger partial charge in [-0.1, -0.05) is 0 Å². The van der Waals surface area contributed by atoms with Crippen molar-refractivity contribution < 1.29 is 17.9 Å². The first kappa shape index (κ1) is 13.6. The molecule has 2 aliphatic heterocycles. The zero-order chi connectivity index (χ0) is 13.2. The van der Waals surface area contributed by atoms with E-state index in [1.165, 1.54) is 0 Å². The molecule has 0 aromatic carbocycles. The maximum Gasteiger partial charge on any atom is 0.320 e. The molecular weight excluding hydrogens is 256 g/mol. The Balaban J connectivity index is 2.01. The van der Waals surface area contributed by atoms with Gasteiger partial charge in [-0.25, -0.2) is 13.2 Å². The first-order chi connectivity index (χ1) is 8.53. The van der Waals surface area contributed by atoms with Crippen LogP contribution < -0.4 is 0 Å². The molecule has 0 spiro atoms. The molecule has 0 unspecified atom stereocenters. The zero-order valence-electron chi connectivity index (χ0n) is 10.7. The smallest absolute Gasteiger partial charge is 0.320 e. The standard InChI is InChI=1S/C11H20N2O4S/c1-2-13(10-3-8-18(15,16)9-10)11(14)12-4-6-17-7-5-12/h10H,2-9H2,1H3/t10-/m0/s1. The fraction of sp³-hybridized carbons (Fsp3) is 0.909. The molecule has 6 nitrogen and oxygen atoms in total. The lowest BCUT2D eigenvalue weighted by Gasteiger charge is -2.35. The molecule has 0 radical (unpaired) electrons. The largest absolute Gasteiger partial charge is 0.378 e. The van der Waals surface area contributed by atoms with Crippen molar-refractivity contribution in [3.05, 3.63) is 0 Å². The van der Waals surface area contributed by atoms with Gasteiger partial charge in [0.05, 0.1) is 24.7 Å². The van der Waals surface area contributed by atoms with Crippen molar-refractivity contribution in [2.24, 2.45) is 0 Å². The number of rotatable bonds is 2. The number of hydrogen-bond acceptors (Lipinski definition) is 4. The molecule has 1 atom stereocenters. The number of carbonyl (C=O) groups excluding carboxylic acids is 1. The molecule has 7 heteroatoms. The van der Waals surface area contributed by atoms with Gasteiger partial charge in [-0.3, -0.25) is 0 Å². The highest BCUT2D eigenvalue weighted by Crippen LogP contribution is 2.19. The summed E-state index contributed by atoms with van der Waals surface area (Å²) >= 11 is 0. The van der Waals surface area contributed by atoms with Crippen LogP contribution in [0.5, 0.6) is 0 Å². The molecule has 0 saturated carbocycles. The number of amides is 2. The van der Waals surface area contributed by atoms with Gasteiger partial charge in [-0.15, -0.1) is 0 Å². The van der Waals surface area contributed by atoms with Gasteiger partial charge in [0.2, 0.25) is 0 Å². The highest BCUT2D eigenvalue weighted by atomic mass is 32.2. The Hall–Kier alpha value is -0.820. The Bertz CT molecular complexity index is 403. The van der Waals surface area contributed by atoms with Crippen molar-refractivity contribution in [1.82, 2.24) is 9.80 Å².